The average molecular weight is 355 g/mol. The lowest BCUT2D eigenvalue weighted by molar-refractivity contribution is -0.0328. The molecule has 0 amide bonds. The van der Waals surface area contributed by atoms with Gasteiger partial charge < -0.3 is 5.73 Å². The molecule has 0 spiro atoms. The second-order valence-corrected chi connectivity index (χ2v) is 6.80. The van der Waals surface area contributed by atoms with Crippen LogP contribution in [0.15, 0.2) is 29.2 Å². The summed E-state index contributed by atoms with van der Waals surface area (Å²) in [6.07, 6.45) is 2.19. The lowest BCUT2D eigenvalue weighted by atomic mass is 9.91. The van der Waals surface area contributed by atoms with Gasteiger partial charge in [0.2, 0.25) is 0 Å². The van der Waals surface area contributed by atoms with Crippen LogP contribution in [0.5, 0.6) is 0 Å². The van der Waals surface area contributed by atoms with E-state index in [4.69, 9.17) is 5.73 Å². The van der Waals surface area contributed by atoms with Crippen molar-refractivity contribution in [2.75, 3.05) is 13.1 Å². The quantitative estimate of drug-likeness (QED) is 0.818. The summed E-state index contributed by atoms with van der Waals surface area (Å²) in [5.74, 6) is 0.590. The van der Waals surface area contributed by atoms with Crippen LogP contribution in [0.25, 0.3) is 0 Å². The Labute approximate surface area is 140 Å². The predicted molar refractivity (Wildman–Crippen MR) is 87.3 cm³/mol. The van der Waals surface area contributed by atoms with E-state index in [1.165, 1.54) is 0 Å². The molecule has 0 radical (unpaired) electrons. The molecular weight excluding hydrogens is 333 g/mol. The fraction of sp³-hybridized carbons (Fsp3) is 0.600. The van der Waals surface area contributed by atoms with Crippen LogP contribution in [0.3, 0.4) is 0 Å². The summed E-state index contributed by atoms with van der Waals surface area (Å²) < 4.78 is 36.8. The Morgan fingerprint density at radius 2 is 1.77 bits per heavy atom. The highest BCUT2D eigenvalue weighted by atomic mass is 35.5. The van der Waals surface area contributed by atoms with Gasteiger partial charge in [-0.15, -0.1) is 12.4 Å². The maximum Gasteiger partial charge on any atom is 0.446 e. The zero-order chi connectivity index (χ0) is 15.5. The molecule has 2 nitrogen and oxygen atoms in total. The van der Waals surface area contributed by atoms with E-state index in [9.17, 15) is 13.2 Å². The molecule has 0 aromatic heterocycles. The summed E-state index contributed by atoms with van der Waals surface area (Å²) in [5, 5.41) is 0. The Bertz CT molecular complexity index is 443. The first-order valence-corrected chi connectivity index (χ1v) is 7.98. The van der Waals surface area contributed by atoms with E-state index in [2.05, 4.69) is 11.8 Å². The Morgan fingerprint density at radius 3 is 2.23 bits per heavy atom. The van der Waals surface area contributed by atoms with Crippen LogP contribution in [0, 0.1) is 5.92 Å². The fourth-order valence-electron chi connectivity index (χ4n) is 2.69. The highest BCUT2D eigenvalue weighted by molar-refractivity contribution is 8.00. The van der Waals surface area contributed by atoms with E-state index in [1.807, 2.05) is 0 Å². The molecule has 1 aliphatic heterocycles. The van der Waals surface area contributed by atoms with Gasteiger partial charge in [0.05, 0.1) is 0 Å². The normalized spacial score (nSPS) is 18.8. The highest BCUT2D eigenvalue weighted by Crippen LogP contribution is 2.36. The molecule has 2 N–H and O–H groups in total. The molecule has 1 aromatic rings. The summed E-state index contributed by atoms with van der Waals surface area (Å²) in [7, 11) is 0. The van der Waals surface area contributed by atoms with Crippen molar-refractivity contribution in [3.63, 3.8) is 0 Å². The molecule has 126 valence electrons. The fourth-order valence-corrected chi connectivity index (χ4v) is 3.23. The van der Waals surface area contributed by atoms with Crippen molar-refractivity contribution in [1.29, 1.82) is 0 Å². The SMILES string of the molecule is CC(N)C1CCN(Cc2ccc(SC(F)(F)F)cc2)CC1.Cl. The van der Waals surface area contributed by atoms with Gasteiger partial charge in [-0.1, -0.05) is 12.1 Å². The van der Waals surface area contributed by atoms with E-state index in [0.29, 0.717) is 5.92 Å². The third-order valence-electron chi connectivity index (χ3n) is 3.94. The smallest absolute Gasteiger partial charge is 0.328 e. The summed E-state index contributed by atoms with van der Waals surface area (Å²) in [6.45, 7) is 4.86. The standard InChI is InChI=1S/C15H21F3N2S.ClH/c1-11(19)13-6-8-20(9-7-13)10-12-2-4-14(5-3-12)21-15(16,17)18;/h2-5,11,13H,6-10,19H2,1H3;1H. The lowest BCUT2D eigenvalue weighted by Gasteiger charge is -2.33. The Morgan fingerprint density at radius 1 is 1.23 bits per heavy atom. The highest BCUT2D eigenvalue weighted by Gasteiger charge is 2.29. The number of halogens is 4. The lowest BCUT2D eigenvalue weighted by Crippen LogP contribution is -2.39. The molecule has 1 heterocycles. The molecule has 1 unspecified atom stereocenters. The van der Waals surface area contributed by atoms with E-state index in [-0.39, 0.29) is 35.1 Å². The number of hydrogen-bond acceptors (Lipinski definition) is 3. The van der Waals surface area contributed by atoms with Gasteiger partial charge in [0.25, 0.3) is 0 Å². The topological polar surface area (TPSA) is 29.3 Å². The summed E-state index contributed by atoms with van der Waals surface area (Å²) in [6, 6.07) is 6.90. The van der Waals surface area contributed by atoms with Crippen LogP contribution < -0.4 is 5.73 Å². The number of rotatable bonds is 4. The Balaban J connectivity index is 0.00000242. The van der Waals surface area contributed by atoms with Crippen molar-refractivity contribution in [3.8, 4) is 0 Å². The number of piperidine rings is 1. The first kappa shape index (κ1) is 19.6. The second kappa shape index (κ2) is 8.43. The molecule has 0 saturated carbocycles. The van der Waals surface area contributed by atoms with Crippen LogP contribution in [0.1, 0.15) is 25.3 Å². The van der Waals surface area contributed by atoms with Gasteiger partial charge >= 0.3 is 5.51 Å². The number of hydrogen-bond donors (Lipinski definition) is 1. The van der Waals surface area contributed by atoms with Gasteiger partial charge in [0, 0.05) is 17.5 Å². The van der Waals surface area contributed by atoms with Crippen molar-refractivity contribution in [1.82, 2.24) is 4.90 Å². The predicted octanol–water partition coefficient (Wildman–Crippen LogP) is 4.28. The van der Waals surface area contributed by atoms with Crippen molar-refractivity contribution < 1.29 is 13.2 Å². The molecule has 1 fully saturated rings. The minimum absolute atomic E-state index is 0. The number of alkyl halides is 3. The van der Waals surface area contributed by atoms with E-state index < -0.39 is 5.51 Å². The maximum atomic E-state index is 12.3. The van der Waals surface area contributed by atoms with Crippen LogP contribution >= 0.6 is 24.2 Å². The third-order valence-corrected chi connectivity index (χ3v) is 4.68. The third kappa shape index (κ3) is 6.36. The van der Waals surface area contributed by atoms with Crippen molar-refractivity contribution >= 4 is 24.2 Å². The first-order chi connectivity index (χ1) is 9.83. The van der Waals surface area contributed by atoms with Crippen molar-refractivity contribution in [3.05, 3.63) is 29.8 Å². The van der Waals surface area contributed by atoms with Gasteiger partial charge in [-0.3, -0.25) is 4.90 Å². The van der Waals surface area contributed by atoms with Gasteiger partial charge in [0.1, 0.15) is 0 Å². The number of thioether (sulfide) groups is 1. The average Bonchev–Trinajstić information content (AvgIpc) is 2.40. The van der Waals surface area contributed by atoms with Crippen LogP contribution in [-0.2, 0) is 6.54 Å². The zero-order valence-electron chi connectivity index (χ0n) is 12.5. The molecule has 1 saturated heterocycles. The molecule has 1 atom stereocenters. The zero-order valence-corrected chi connectivity index (χ0v) is 14.1. The van der Waals surface area contributed by atoms with Crippen LogP contribution in [-0.4, -0.2) is 29.5 Å². The number of nitrogens with zero attached hydrogens (tertiary/aromatic N) is 1. The van der Waals surface area contributed by atoms with Gasteiger partial charge in [-0.2, -0.15) is 13.2 Å². The van der Waals surface area contributed by atoms with E-state index >= 15 is 0 Å². The van der Waals surface area contributed by atoms with Crippen LogP contribution in [0.4, 0.5) is 13.2 Å². The van der Waals surface area contributed by atoms with E-state index in [1.54, 1.807) is 24.3 Å². The van der Waals surface area contributed by atoms with Gasteiger partial charge in [0.15, 0.2) is 0 Å². The second-order valence-electron chi connectivity index (χ2n) is 5.66. The van der Waals surface area contributed by atoms with Crippen molar-refractivity contribution in [2.24, 2.45) is 11.7 Å². The molecule has 0 aliphatic carbocycles. The van der Waals surface area contributed by atoms with Gasteiger partial charge in [-0.25, -0.2) is 0 Å². The van der Waals surface area contributed by atoms with Crippen molar-refractivity contribution in [2.45, 2.75) is 42.8 Å². The Kier molecular flexibility index (Phi) is 7.52. The monoisotopic (exact) mass is 354 g/mol. The Hall–Kier alpha value is -0.430. The molecule has 22 heavy (non-hydrogen) atoms. The molecule has 1 aliphatic rings. The molecule has 1 aromatic carbocycles. The summed E-state index contributed by atoms with van der Waals surface area (Å²) in [5.41, 5.74) is 2.76. The van der Waals surface area contributed by atoms with Gasteiger partial charge in [-0.05, 0) is 68.2 Å². The summed E-state index contributed by atoms with van der Waals surface area (Å²) in [4.78, 5) is 2.58. The number of benzene rings is 1. The maximum absolute atomic E-state index is 12.3. The number of likely N-dealkylation sites (tertiary alicyclic amines) is 1. The minimum atomic E-state index is -4.22. The first-order valence-electron chi connectivity index (χ1n) is 7.16. The van der Waals surface area contributed by atoms with Crippen LogP contribution in [0.2, 0.25) is 0 Å². The molecular formula is C15H22ClF3N2S. The molecule has 7 heteroatoms. The molecule has 2 rings (SSSR count). The summed E-state index contributed by atoms with van der Waals surface area (Å²) >= 11 is -0.0685. The molecule has 0 bridgehead atoms. The minimum Gasteiger partial charge on any atom is -0.328 e. The van der Waals surface area contributed by atoms with E-state index in [0.717, 1.165) is 38.0 Å². The largest absolute Gasteiger partial charge is 0.446 e. The number of nitrogens with two attached hydrogens (primary N) is 1.